The maximum absolute atomic E-state index is 14.0. The number of hydrogen-bond acceptors (Lipinski definition) is 10. The van der Waals surface area contributed by atoms with Gasteiger partial charge >= 0.3 is 0 Å². The second kappa shape index (κ2) is 10.5. The van der Waals surface area contributed by atoms with Crippen LogP contribution in [-0.2, 0) is 4.74 Å². The molecular formula is C29H32FN9O. The Hall–Kier alpha value is -4.61. The van der Waals surface area contributed by atoms with Crippen molar-refractivity contribution in [2.45, 2.75) is 52.6 Å². The van der Waals surface area contributed by atoms with Crippen LogP contribution in [-0.4, -0.2) is 34.7 Å². The molecule has 4 N–H and O–H groups in total. The van der Waals surface area contributed by atoms with Crippen LogP contribution in [0.2, 0.25) is 0 Å². The van der Waals surface area contributed by atoms with Crippen molar-refractivity contribution in [2.24, 2.45) is 5.41 Å². The fourth-order valence-electron chi connectivity index (χ4n) is 4.77. The quantitative estimate of drug-likeness (QED) is 0.296. The average molecular weight is 542 g/mol. The van der Waals surface area contributed by atoms with E-state index >= 15 is 0 Å². The maximum Gasteiger partial charge on any atom is 0.229 e. The molecule has 3 aromatic rings. The van der Waals surface area contributed by atoms with Gasteiger partial charge < -0.3 is 20.8 Å². The molecule has 3 heterocycles. The molecule has 0 amide bonds. The normalized spacial score (nSPS) is 15.8. The van der Waals surface area contributed by atoms with Crippen molar-refractivity contribution in [2.75, 3.05) is 24.3 Å². The van der Waals surface area contributed by atoms with E-state index in [0.29, 0.717) is 63.3 Å². The molecule has 1 fully saturated rings. The molecule has 0 radical (unpaired) electrons. The van der Waals surface area contributed by atoms with Crippen molar-refractivity contribution in [3.8, 4) is 12.1 Å². The molecular weight excluding hydrogens is 509 g/mol. The van der Waals surface area contributed by atoms with Gasteiger partial charge in [0.2, 0.25) is 11.8 Å². The zero-order valence-electron chi connectivity index (χ0n) is 23.2. The molecule has 1 atom stereocenters. The van der Waals surface area contributed by atoms with Gasteiger partial charge in [-0.1, -0.05) is 26.8 Å². The number of halogens is 1. The standard InChI is InChI=1S/C29H32FN9O/c1-16-21(8-9-23(30)35-16)26(27-28(40-5)39(38-37-27)20-6-7-20)36-19-10-17(12-31)24-22(11-19)25(18(13-32)14-33-24)34-15-29(2,3)4/h8-11,14,20,26,36-38H,6-7,15H2,1-5H3,(H,33,34)/t26-/m0/s1. The number of aryl methyl sites for hydroxylation is 1. The Morgan fingerprint density at radius 2 is 1.95 bits per heavy atom. The van der Waals surface area contributed by atoms with Gasteiger partial charge in [-0.2, -0.15) is 14.9 Å². The molecule has 1 aliphatic carbocycles. The second-order valence-corrected chi connectivity index (χ2v) is 11.3. The number of methoxy groups -OCH3 is 1. The van der Waals surface area contributed by atoms with Crippen molar-refractivity contribution in [1.82, 2.24) is 25.9 Å². The van der Waals surface area contributed by atoms with Gasteiger partial charge in [0, 0.05) is 35.1 Å². The van der Waals surface area contributed by atoms with Crippen LogP contribution >= 0.6 is 0 Å². The summed E-state index contributed by atoms with van der Waals surface area (Å²) in [6.07, 6.45) is 3.57. The molecule has 0 bridgehead atoms. The molecule has 1 saturated carbocycles. The van der Waals surface area contributed by atoms with Crippen molar-refractivity contribution in [3.05, 3.63) is 70.4 Å². The third-order valence-corrected chi connectivity index (χ3v) is 6.88. The molecule has 10 nitrogen and oxygen atoms in total. The summed E-state index contributed by atoms with van der Waals surface area (Å²) in [4.78, 5) is 8.50. The number of nitrogens with one attached hydrogen (secondary N) is 4. The van der Waals surface area contributed by atoms with Gasteiger partial charge in [-0.3, -0.25) is 9.99 Å². The monoisotopic (exact) mass is 541 g/mol. The number of fused-ring (bicyclic) bond motifs is 1. The fraction of sp³-hybridized carbons (Fsp3) is 0.379. The highest BCUT2D eigenvalue weighted by Crippen LogP contribution is 2.38. The molecule has 0 saturated heterocycles. The molecule has 5 rings (SSSR count). The number of hydrazine groups is 2. The third-order valence-electron chi connectivity index (χ3n) is 6.88. The zero-order chi connectivity index (χ0) is 28.6. The molecule has 2 aromatic heterocycles. The van der Waals surface area contributed by atoms with Crippen molar-refractivity contribution in [3.63, 3.8) is 0 Å². The van der Waals surface area contributed by atoms with Crippen molar-refractivity contribution >= 4 is 22.3 Å². The SMILES string of the molecule is COC1=C([C@@H](Nc2cc(C#N)c3ncc(C#N)c(NCC(C)(C)C)c3c2)c2ccc(F)nc2C)NNN1C1CC1. The highest BCUT2D eigenvalue weighted by Gasteiger charge is 2.39. The topological polar surface area (TPSA) is 134 Å². The Bertz CT molecular complexity index is 1580. The number of pyridine rings is 2. The van der Waals surface area contributed by atoms with E-state index in [-0.39, 0.29) is 5.41 Å². The highest BCUT2D eigenvalue weighted by atomic mass is 19.1. The summed E-state index contributed by atoms with van der Waals surface area (Å²) in [5.41, 5.74) is 10.8. The van der Waals surface area contributed by atoms with Crippen LogP contribution in [0.1, 0.15) is 62.0 Å². The fourth-order valence-corrected chi connectivity index (χ4v) is 4.77. The summed E-state index contributed by atoms with van der Waals surface area (Å²) in [7, 11) is 1.61. The van der Waals surface area contributed by atoms with Gasteiger partial charge in [0.25, 0.3) is 0 Å². The van der Waals surface area contributed by atoms with E-state index < -0.39 is 12.0 Å². The van der Waals surface area contributed by atoms with Crippen LogP contribution in [0.5, 0.6) is 0 Å². The van der Waals surface area contributed by atoms with Crippen LogP contribution in [0, 0.1) is 40.9 Å². The van der Waals surface area contributed by atoms with Gasteiger partial charge in [0.05, 0.1) is 35.5 Å². The first-order chi connectivity index (χ1) is 19.1. The second-order valence-electron chi connectivity index (χ2n) is 11.3. The van der Waals surface area contributed by atoms with E-state index in [1.54, 1.807) is 26.2 Å². The lowest BCUT2D eigenvalue weighted by Gasteiger charge is -2.24. The predicted molar refractivity (Wildman–Crippen MR) is 150 cm³/mol. The number of aromatic nitrogens is 2. The maximum atomic E-state index is 14.0. The molecule has 2 aliphatic rings. The number of benzene rings is 1. The molecule has 11 heteroatoms. The smallest absolute Gasteiger partial charge is 0.229 e. The van der Waals surface area contributed by atoms with Crippen molar-refractivity contribution < 1.29 is 9.13 Å². The number of hydrogen-bond donors (Lipinski definition) is 4. The summed E-state index contributed by atoms with van der Waals surface area (Å²) < 4.78 is 19.8. The van der Waals surface area contributed by atoms with E-state index in [0.717, 1.165) is 18.4 Å². The van der Waals surface area contributed by atoms with E-state index in [9.17, 15) is 14.9 Å². The minimum absolute atomic E-state index is 0.0496. The number of rotatable bonds is 8. The summed E-state index contributed by atoms with van der Waals surface area (Å²) >= 11 is 0. The lowest BCUT2D eigenvalue weighted by atomic mass is 9.96. The largest absolute Gasteiger partial charge is 0.480 e. The summed E-state index contributed by atoms with van der Waals surface area (Å²) in [6, 6.07) is 10.9. The minimum atomic E-state index is -0.569. The lowest BCUT2D eigenvalue weighted by molar-refractivity contribution is 0.117. The Kier molecular flexibility index (Phi) is 7.09. The Morgan fingerprint density at radius 3 is 2.58 bits per heavy atom. The highest BCUT2D eigenvalue weighted by molar-refractivity contribution is 5.99. The first-order valence-corrected chi connectivity index (χ1v) is 13.1. The van der Waals surface area contributed by atoms with Gasteiger partial charge in [-0.05, 0) is 43.4 Å². The molecule has 40 heavy (non-hydrogen) atoms. The van der Waals surface area contributed by atoms with Crippen LogP contribution < -0.4 is 21.6 Å². The first kappa shape index (κ1) is 27.0. The van der Waals surface area contributed by atoms with Crippen molar-refractivity contribution in [1.29, 1.82) is 10.5 Å². The Labute approximate surface area is 232 Å². The van der Waals surface area contributed by atoms with E-state index in [1.807, 2.05) is 11.1 Å². The van der Waals surface area contributed by atoms with Gasteiger partial charge in [0.1, 0.15) is 23.9 Å². The van der Waals surface area contributed by atoms with Gasteiger partial charge in [0.15, 0.2) is 0 Å². The summed E-state index contributed by atoms with van der Waals surface area (Å²) in [5.74, 6) is 0.0474. The average Bonchev–Trinajstić information content (AvgIpc) is 3.68. The third kappa shape index (κ3) is 5.29. The molecule has 0 unspecified atom stereocenters. The molecule has 1 aromatic carbocycles. The molecule has 1 aliphatic heterocycles. The number of ether oxygens (including phenoxy) is 1. The summed E-state index contributed by atoms with van der Waals surface area (Å²) in [6.45, 7) is 8.66. The number of anilines is 2. The Balaban J connectivity index is 1.65. The first-order valence-electron chi connectivity index (χ1n) is 13.1. The molecule has 0 spiro atoms. The van der Waals surface area contributed by atoms with Crippen LogP contribution in [0.25, 0.3) is 10.9 Å². The number of nitrogens with zero attached hydrogens (tertiary/aromatic N) is 5. The van der Waals surface area contributed by atoms with E-state index in [1.165, 1.54) is 12.3 Å². The lowest BCUT2D eigenvalue weighted by Crippen LogP contribution is -2.40. The Morgan fingerprint density at radius 1 is 1.20 bits per heavy atom. The zero-order valence-corrected chi connectivity index (χ0v) is 23.2. The number of nitriles is 2. The van der Waals surface area contributed by atoms with Crippen LogP contribution in [0.15, 0.2) is 42.0 Å². The molecule has 206 valence electrons. The summed E-state index contributed by atoms with van der Waals surface area (Å²) in [5, 5.41) is 29.4. The predicted octanol–water partition coefficient (Wildman–Crippen LogP) is 4.73. The van der Waals surface area contributed by atoms with E-state index in [4.69, 9.17) is 4.74 Å². The van der Waals surface area contributed by atoms with Crippen LogP contribution in [0.4, 0.5) is 15.8 Å². The minimum Gasteiger partial charge on any atom is -0.480 e. The van der Waals surface area contributed by atoms with E-state index in [2.05, 4.69) is 64.5 Å². The van der Waals surface area contributed by atoms with Crippen LogP contribution in [0.3, 0.4) is 0 Å². The van der Waals surface area contributed by atoms with Gasteiger partial charge in [-0.15, -0.1) is 5.53 Å². The van der Waals surface area contributed by atoms with Gasteiger partial charge in [-0.25, -0.2) is 4.98 Å².